The van der Waals surface area contributed by atoms with E-state index in [0.29, 0.717) is 17.7 Å². The van der Waals surface area contributed by atoms with Crippen molar-refractivity contribution in [3.8, 4) is 12.3 Å². The smallest absolute Gasteiger partial charge is 0.339 e. The van der Waals surface area contributed by atoms with Crippen LogP contribution in [0.15, 0.2) is 24.3 Å². The van der Waals surface area contributed by atoms with E-state index in [-0.39, 0.29) is 5.97 Å². The van der Waals surface area contributed by atoms with Gasteiger partial charge in [-0.2, -0.15) is 0 Å². The second-order valence-corrected chi connectivity index (χ2v) is 3.18. The number of unbranched alkanes of at least 4 members (excludes halogenated alkanes) is 1. The number of rotatable bonds is 4. The lowest BCUT2D eigenvalue weighted by atomic mass is 10.1. The van der Waals surface area contributed by atoms with Crippen molar-refractivity contribution in [2.45, 2.75) is 19.8 Å². The third-order valence-corrected chi connectivity index (χ3v) is 2.03. The number of carbonyl (C=O) groups is 1. The van der Waals surface area contributed by atoms with Gasteiger partial charge >= 0.3 is 5.97 Å². The average molecular weight is 202 g/mol. The number of benzene rings is 1. The molecule has 1 aromatic rings. The lowest BCUT2D eigenvalue weighted by Gasteiger charge is -2.05. The van der Waals surface area contributed by atoms with E-state index < -0.39 is 0 Å². The highest BCUT2D eigenvalue weighted by atomic mass is 16.5. The van der Waals surface area contributed by atoms with Crippen molar-refractivity contribution in [2.24, 2.45) is 0 Å². The molecule has 2 heteroatoms. The van der Waals surface area contributed by atoms with Crippen molar-refractivity contribution in [1.29, 1.82) is 0 Å². The summed E-state index contributed by atoms with van der Waals surface area (Å²) in [6.07, 6.45) is 7.17. The summed E-state index contributed by atoms with van der Waals surface area (Å²) < 4.78 is 5.08. The zero-order valence-electron chi connectivity index (χ0n) is 8.82. The van der Waals surface area contributed by atoms with Gasteiger partial charge in [-0.15, -0.1) is 6.42 Å². The van der Waals surface area contributed by atoms with Crippen molar-refractivity contribution < 1.29 is 9.53 Å². The first-order valence-electron chi connectivity index (χ1n) is 5.02. The summed E-state index contributed by atoms with van der Waals surface area (Å²) in [7, 11) is 0. The number of hydrogen-bond donors (Lipinski definition) is 0. The fraction of sp³-hybridized carbons (Fsp3) is 0.308. The molecule has 0 atom stereocenters. The minimum Gasteiger partial charge on any atom is -0.462 e. The molecule has 0 bridgehead atoms. The first kappa shape index (κ1) is 11.3. The Kier molecular flexibility index (Phi) is 4.43. The zero-order valence-corrected chi connectivity index (χ0v) is 8.82. The van der Waals surface area contributed by atoms with Crippen molar-refractivity contribution in [2.75, 3.05) is 6.61 Å². The molecule has 0 aliphatic carbocycles. The van der Waals surface area contributed by atoms with Crippen molar-refractivity contribution in [1.82, 2.24) is 0 Å². The van der Waals surface area contributed by atoms with Gasteiger partial charge in [-0.1, -0.05) is 31.4 Å². The third-order valence-electron chi connectivity index (χ3n) is 2.03. The molecule has 0 heterocycles. The standard InChI is InChI=1S/C13H14O2/c1-3-5-10-15-13(14)12-9-7-6-8-11(12)4-2/h2,6-9H,3,5,10H2,1H3. The first-order chi connectivity index (χ1) is 7.29. The van der Waals surface area contributed by atoms with E-state index in [1.807, 2.05) is 6.92 Å². The molecule has 0 saturated carbocycles. The third kappa shape index (κ3) is 3.14. The van der Waals surface area contributed by atoms with Gasteiger partial charge in [-0.05, 0) is 18.6 Å². The molecule has 2 nitrogen and oxygen atoms in total. The molecule has 0 fully saturated rings. The number of ether oxygens (including phenoxy) is 1. The Balaban J connectivity index is 2.70. The SMILES string of the molecule is C#Cc1ccccc1C(=O)OCCCC. The maximum atomic E-state index is 11.6. The summed E-state index contributed by atoms with van der Waals surface area (Å²) in [5.74, 6) is 2.13. The molecule has 1 rings (SSSR count). The van der Waals surface area contributed by atoms with Gasteiger partial charge in [0, 0.05) is 5.56 Å². The summed E-state index contributed by atoms with van der Waals surface area (Å²) in [4.78, 5) is 11.6. The Bertz CT molecular complexity index is 374. The fourth-order valence-corrected chi connectivity index (χ4v) is 1.17. The number of carbonyl (C=O) groups excluding carboxylic acids is 1. The first-order valence-corrected chi connectivity index (χ1v) is 5.02. The number of hydrogen-bond acceptors (Lipinski definition) is 2. The summed E-state index contributed by atoms with van der Waals surface area (Å²) in [6, 6.07) is 7.00. The molecule has 15 heavy (non-hydrogen) atoms. The maximum absolute atomic E-state index is 11.6. The Morgan fingerprint density at radius 2 is 2.20 bits per heavy atom. The molecular weight excluding hydrogens is 188 g/mol. The molecule has 78 valence electrons. The second kappa shape index (κ2) is 5.87. The summed E-state index contributed by atoms with van der Waals surface area (Å²) in [5, 5.41) is 0. The molecule has 0 N–H and O–H groups in total. The molecular formula is C13H14O2. The van der Waals surface area contributed by atoms with Crippen LogP contribution >= 0.6 is 0 Å². The fourth-order valence-electron chi connectivity index (χ4n) is 1.17. The zero-order chi connectivity index (χ0) is 11.1. The van der Waals surface area contributed by atoms with Gasteiger partial charge in [-0.3, -0.25) is 0 Å². The predicted molar refractivity (Wildman–Crippen MR) is 59.6 cm³/mol. The van der Waals surface area contributed by atoms with Crippen molar-refractivity contribution in [3.63, 3.8) is 0 Å². The molecule has 0 radical (unpaired) electrons. The summed E-state index contributed by atoms with van der Waals surface area (Å²) >= 11 is 0. The van der Waals surface area contributed by atoms with E-state index in [9.17, 15) is 4.79 Å². The van der Waals surface area contributed by atoms with Gasteiger partial charge in [0.25, 0.3) is 0 Å². The van der Waals surface area contributed by atoms with Crippen LogP contribution in [-0.4, -0.2) is 12.6 Å². The van der Waals surface area contributed by atoms with Crippen LogP contribution in [0.3, 0.4) is 0 Å². The Morgan fingerprint density at radius 3 is 2.87 bits per heavy atom. The van der Waals surface area contributed by atoms with Crippen LogP contribution in [0.2, 0.25) is 0 Å². The van der Waals surface area contributed by atoms with Crippen LogP contribution in [0.1, 0.15) is 35.7 Å². The minimum atomic E-state index is -0.336. The van der Waals surface area contributed by atoms with Crippen LogP contribution in [-0.2, 0) is 4.74 Å². The van der Waals surface area contributed by atoms with Gasteiger partial charge < -0.3 is 4.74 Å². The Hall–Kier alpha value is -1.75. The van der Waals surface area contributed by atoms with Crippen LogP contribution < -0.4 is 0 Å². The highest BCUT2D eigenvalue weighted by Gasteiger charge is 2.09. The normalized spacial score (nSPS) is 9.33. The van der Waals surface area contributed by atoms with Gasteiger partial charge in [-0.25, -0.2) is 4.79 Å². The summed E-state index contributed by atoms with van der Waals surface area (Å²) in [6.45, 7) is 2.50. The number of esters is 1. The second-order valence-electron chi connectivity index (χ2n) is 3.18. The van der Waals surface area contributed by atoms with Crippen molar-refractivity contribution in [3.05, 3.63) is 35.4 Å². The summed E-state index contributed by atoms with van der Waals surface area (Å²) in [5.41, 5.74) is 1.05. The Morgan fingerprint density at radius 1 is 1.47 bits per heavy atom. The largest absolute Gasteiger partial charge is 0.462 e. The molecule has 0 saturated heterocycles. The molecule has 0 aliphatic heterocycles. The highest BCUT2D eigenvalue weighted by molar-refractivity contribution is 5.92. The van der Waals surface area contributed by atoms with E-state index in [1.165, 1.54) is 0 Å². The predicted octanol–water partition coefficient (Wildman–Crippen LogP) is 2.62. The number of terminal acetylenes is 1. The Labute approximate surface area is 90.3 Å². The van der Waals surface area contributed by atoms with Gasteiger partial charge in [0.2, 0.25) is 0 Å². The molecule has 0 unspecified atom stereocenters. The maximum Gasteiger partial charge on any atom is 0.339 e. The molecule has 0 aliphatic rings. The highest BCUT2D eigenvalue weighted by Crippen LogP contribution is 2.09. The lowest BCUT2D eigenvalue weighted by Crippen LogP contribution is -2.08. The molecule has 1 aromatic carbocycles. The van der Waals surface area contributed by atoms with Gasteiger partial charge in [0.1, 0.15) is 0 Å². The van der Waals surface area contributed by atoms with E-state index in [0.717, 1.165) is 12.8 Å². The van der Waals surface area contributed by atoms with Crippen LogP contribution in [0.25, 0.3) is 0 Å². The van der Waals surface area contributed by atoms with E-state index >= 15 is 0 Å². The van der Waals surface area contributed by atoms with Crippen LogP contribution in [0.5, 0.6) is 0 Å². The molecule has 0 amide bonds. The van der Waals surface area contributed by atoms with Crippen LogP contribution in [0.4, 0.5) is 0 Å². The monoisotopic (exact) mass is 202 g/mol. The average Bonchev–Trinajstić information content (AvgIpc) is 2.29. The van der Waals surface area contributed by atoms with Crippen molar-refractivity contribution >= 4 is 5.97 Å². The quantitative estimate of drug-likeness (QED) is 0.426. The van der Waals surface area contributed by atoms with E-state index in [4.69, 9.17) is 11.2 Å². The topological polar surface area (TPSA) is 26.3 Å². The van der Waals surface area contributed by atoms with Gasteiger partial charge in [0.05, 0.1) is 12.2 Å². The van der Waals surface area contributed by atoms with Crippen LogP contribution in [0, 0.1) is 12.3 Å². The minimum absolute atomic E-state index is 0.336. The molecule has 0 aromatic heterocycles. The van der Waals surface area contributed by atoms with Gasteiger partial charge in [0.15, 0.2) is 0 Å². The van der Waals surface area contributed by atoms with E-state index in [2.05, 4.69) is 5.92 Å². The molecule has 0 spiro atoms. The lowest BCUT2D eigenvalue weighted by molar-refractivity contribution is 0.0499. The van der Waals surface area contributed by atoms with E-state index in [1.54, 1.807) is 24.3 Å².